The lowest BCUT2D eigenvalue weighted by Crippen LogP contribution is -2.25. The summed E-state index contributed by atoms with van der Waals surface area (Å²) in [5.74, 6) is -0.584. The van der Waals surface area contributed by atoms with Crippen LogP contribution in [0, 0.1) is 12.7 Å². The fourth-order valence-corrected chi connectivity index (χ4v) is 7.57. The third-order valence-electron chi connectivity index (χ3n) is 8.47. The van der Waals surface area contributed by atoms with Crippen LogP contribution in [0.5, 0.6) is 0 Å². The molecule has 8 heteroatoms. The Morgan fingerprint density at radius 3 is 2.39 bits per heavy atom. The first-order chi connectivity index (χ1) is 22.3. The van der Waals surface area contributed by atoms with Crippen LogP contribution in [0.25, 0.3) is 44.4 Å². The molecular formula is C38H29ClFNO4S. The molecule has 6 aromatic rings. The van der Waals surface area contributed by atoms with Gasteiger partial charge in [-0.05, 0) is 95.4 Å². The van der Waals surface area contributed by atoms with E-state index >= 15 is 4.39 Å². The summed E-state index contributed by atoms with van der Waals surface area (Å²) in [6, 6.07) is 33.1. The molecule has 1 aliphatic rings. The van der Waals surface area contributed by atoms with Gasteiger partial charge in [-0.1, -0.05) is 60.1 Å². The number of carbonyl (C=O) groups excluding carboxylic acids is 1. The quantitative estimate of drug-likeness (QED) is 0.128. The third-order valence-corrected chi connectivity index (χ3v) is 10.1. The molecule has 0 saturated carbocycles. The maximum Gasteiger partial charge on any atom is 0.337 e. The van der Waals surface area contributed by atoms with Gasteiger partial charge in [0.25, 0.3) is 0 Å². The molecule has 0 aliphatic carbocycles. The standard InChI is InChI=1S/C38H29ClFNO4S/c1-23-18-26(38(42)44-2)10-16-31(23)24-6-5-7-25(19-24)37-36(33-9-4-3-8-32(33)27-21-45-22-27)34-20-29(40)13-17-35(34)41(37)46(43)30-14-11-28(39)12-15-30/h3-20,27H,21-22H2,1-2H3. The third kappa shape index (κ3) is 5.39. The second kappa shape index (κ2) is 12.4. The highest BCUT2D eigenvalue weighted by Gasteiger charge is 2.32. The number of hydrogen-bond donors (Lipinski definition) is 0. The van der Waals surface area contributed by atoms with Crippen LogP contribution in [-0.2, 0) is 20.8 Å². The number of fused-ring (bicyclic) bond motifs is 1. The van der Waals surface area contributed by atoms with Crippen molar-refractivity contribution in [1.82, 2.24) is 3.97 Å². The molecule has 0 amide bonds. The minimum atomic E-state index is -1.71. The summed E-state index contributed by atoms with van der Waals surface area (Å²) in [5.41, 5.74) is 8.22. The number of esters is 1. The largest absolute Gasteiger partial charge is 0.587 e. The highest BCUT2D eigenvalue weighted by Crippen LogP contribution is 2.46. The normalized spacial score (nSPS) is 13.8. The first kappa shape index (κ1) is 30.3. The molecule has 5 aromatic carbocycles. The van der Waals surface area contributed by atoms with Gasteiger partial charge in [-0.15, -0.1) is 0 Å². The summed E-state index contributed by atoms with van der Waals surface area (Å²) in [7, 11) is 1.36. The fourth-order valence-electron chi connectivity index (χ4n) is 6.16. The second-order valence-corrected chi connectivity index (χ2v) is 13.1. The molecule has 1 fully saturated rings. The number of ether oxygens (including phenoxy) is 2. The molecule has 0 radical (unpaired) electrons. The van der Waals surface area contributed by atoms with Crippen molar-refractivity contribution in [1.29, 1.82) is 0 Å². The maximum atomic E-state index is 15.1. The summed E-state index contributed by atoms with van der Waals surface area (Å²) in [4.78, 5) is 12.7. The van der Waals surface area contributed by atoms with Crippen LogP contribution in [0.15, 0.2) is 114 Å². The van der Waals surface area contributed by atoms with Gasteiger partial charge in [-0.3, -0.25) is 0 Å². The van der Waals surface area contributed by atoms with Gasteiger partial charge in [0.05, 0.1) is 31.4 Å². The number of carbonyl (C=O) groups is 1. The summed E-state index contributed by atoms with van der Waals surface area (Å²) in [5, 5.41) is 1.20. The summed E-state index contributed by atoms with van der Waals surface area (Å²) >= 11 is 4.48. The lowest BCUT2D eigenvalue weighted by Gasteiger charge is -2.28. The molecule has 0 bridgehead atoms. The average Bonchev–Trinajstić information content (AvgIpc) is 3.38. The number of rotatable bonds is 7. The maximum absolute atomic E-state index is 15.1. The molecule has 230 valence electrons. The van der Waals surface area contributed by atoms with Gasteiger partial charge in [-0.2, -0.15) is 3.97 Å². The summed E-state index contributed by atoms with van der Waals surface area (Å²) in [6.07, 6.45) is 0. The molecule has 7 rings (SSSR count). The molecule has 2 heterocycles. The molecule has 1 saturated heterocycles. The lowest BCUT2D eigenvalue weighted by atomic mass is 9.87. The monoisotopic (exact) mass is 649 g/mol. The Hall–Kier alpha value is -4.40. The van der Waals surface area contributed by atoms with E-state index in [-0.39, 0.29) is 11.7 Å². The Bertz CT molecular complexity index is 2110. The van der Waals surface area contributed by atoms with Crippen LogP contribution in [0.1, 0.15) is 27.4 Å². The number of aryl methyl sites for hydroxylation is 1. The summed E-state index contributed by atoms with van der Waals surface area (Å²) in [6.45, 7) is 3.16. The van der Waals surface area contributed by atoms with Gasteiger partial charge < -0.3 is 14.0 Å². The smallest absolute Gasteiger partial charge is 0.337 e. The molecule has 46 heavy (non-hydrogen) atoms. The zero-order valence-corrected chi connectivity index (χ0v) is 26.7. The van der Waals surface area contributed by atoms with Crippen LogP contribution >= 0.6 is 11.6 Å². The molecule has 1 aromatic heterocycles. The number of methoxy groups -OCH3 is 1. The number of aromatic nitrogens is 1. The van der Waals surface area contributed by atoms with E-state index in [4.69, 9.17) is 21.1 Å². The van der Waals surface area contributed by atoms with E-state index in [1.54, 1.807) is 40.4 Å². The topological polar surface area (TPSA) is 63.5 Å². The van der Waals surface area contributed by atoms with E-state index in [1.165, 1.54) is 19.2 Å². The van der Waals surface area contributed by atoms with Gasteiger partial charge in [0.2, 0.25) is 0 Å². The Morgan fingerprint density at radius 1 is 0.913 bits per heavy atom. The van der Waals surface area contributed by atoms with E-state index in [0.29, 0.717) is 45.3 Å². The first-order valence-electron chi connectivity index (χ1n) is 14.8. The Morgan fingerprint density at radius 2 is 1.67 bits per heavy atom. The van der Waals surface area contributed by atoms with E-state index in [9.17, 15) is 9.35 Å². The number of benzene rings is 5. The number of halogens is 2. The Labute approximate surface area is 274 Å². The predicted molar refractivity (Wildman–Crippen MR) is 181 cm³/mol. The number of hydrogen-bond acceptors (Lipinski definition) is 4. The predicted octanol–water partition coefficient (Wildman–Crippen LogP) is 9.21. The second-order valence-electron chi connectivity index (χ2n) is 11.3. The van der Waals surface area contributed by atoms with Crippen molar-refractivity contribution in [2.24, 2.45) is 0 Å². The fraction of sp³-hybridized carbons (Fsp3) is 0.132. The minimum Gasteiger partial charge on any atom is -0.587 e. The van der Waals surface area contributed by atoms with Crippen molar-refractivity contribution < 1.29 is 23.2 Å². The van der Waals surface area contributed by atoms with Crippen molar-refractivity contribution in [2.45, 2.75) is 17.7 Å². The van der Waals surface area contributed by atoms with Crippen LogP contribution < -0.4 is 0 Å². The SMILES string of the molecule is COC(=O)c1ccc(-c2cccc(-c3c(-c4ccccc4C4COC4)c4cc(F)ccc4n3[S+]([O-])c3ccc(Cl)cc3)c2)c(C)c1. The van der Waals surface area contributed by atoms with Crippen molar-refractivity contribution in [3.05, 3.63) is 137 Å². The van der Waals surface area contributed by atoms with Gasteiger partial charge in [-0.25, -0.2) is 9.18 Å². The van der Waals surface area contributed by atoms with Crippen molar-refractivity contribution in [3.8, 4) is 33.5 Å². The minimum absolute atomic E-state index is 0.195. The lowest BCUT2D eigenvalue weighted by molar-refractivity contribution is 0.00864. The van der Waals surface area contributed by atoms with Crippen LogP contribution in [0.2, 0.25) is 5.02 Å². The first-order valence-corrected chi connectivity index (χ1v) is 16.3. The van der Waals surface area contributed by atoms with Crippen molar-refractivity contribution in [3.63, 3.8) is 0 Å². The molecule has 0 N–H and O–H groups in total. The van der Waals surface area contributed by atoms with E-state index in [1.807, 2.05) is 55.5 Å². The van der Waals surface area contributed by atoms with Gasteiger partial charge in [0, 0.05) is 27.5 Å². The van der Waals surface area contributed by atoms with Crippen LogP contribution in [0.3, 0.4) is 0 Å². The molecule has 5 nitrogen and oxygen atoms in total. The Balaban J connectivity index is 1.52. The van der Waals surface area contributed by atoms with E-state index in [0.717, 1.165) is 38.9 Å². The van der Waals surface area contributed by atoms with Crippen molar-refractivity contribution in [2.75, 3.05) is 20.3 Å². The van der Waals surface area contributed by atoms with Crippen LogP contribution in [-0.4, -0.2) is 34.8 Å². The van der Waals surface area contributed by atoms with E-state index in [2.05, 4.69) is 12.1 Å². The molecule has 1 aliphatic heterocycles. The Kier molecular flexibility index (Phi) is 8.17. The van der Waals surface area contributed by atoms with Crippen molar-refractivity contribution >= 4 is 39.8 Å². The molecule has 1 atom stereocenters. The van der Waals surface area contributed by atoms with E-state index < -0.39 is 17.3 Å². The molecule has 0 spiro atoms. The van der Waals surface area contributed by atoms with Crippen LogP contribution in [0.4, 0.5) is 4.39 Å². The van der Waals surface area contributed by atoms with Gasteiger partial charge in [0.15, 0.2) is 4.90 Å². The summed E-state index contributed by atoms with van der Waals surface area (Å²) < 4.78 is 41.9. The molecule has 1 unspecified atom stereocenters. The zero-order valence-electron chi connectivity index (χ0n) is 25.1. The average molecular weight is 650 g/mol. The van der Waals surface area contributed by atoms with Gasteiger partial charge >= 0.3 is 5.97 Å². The number of nitrogens with zero attached hydrogens (tertiary/aromatic N) is 1. The zero-order chi connectivity index (χ0) is 31.9. The highest BCUT2D eigenvalue weighted by molar-refractivity contribution is 7.90. The molecular weight excluding hydrogens is 621 g/mol. The highest BCUT2D eigenvalue weighted by atomic mass is 35.5. The van der Waals surface area contributed by atoms with Gasteiger partial charge in [0.1, 0.15) is 22.9 Å².